The van der Waals surface area contributed by atoms with Crippen LogP contribution >= 0.6 is 27.7 Å². The number of anilines is 1. The third-order valence-electron chi connectivity index (χ3n) is 2.87. The largest absolute Gasteiger partial charge is 0.431 e. The monoisotopic (exact) mass is 370 g/mol. The minimum Gasteiger partial charge on any atom is -0.431 e. The average molecular weight is 371 g/mol. The molecule has 0 fully saturated rings. The van der Waals surface area contributed by atoms with Gasteiger partial charge >= 0.3 is 0 Å². The van der Waals surface area contributed by atoms with Gasteiger partial charge in [0.05, 0.1) is 4.47 Å². The number of nitrogens with two attached hydrogens (primary N) is 1. The van der Waals surface area contributed by atoms with Crippen LogP contribution in [-0.2, 0) is 5.75 Å². The van der Waals surface area contributed by atoms with Crippen LogP contribution in [0.5, 0.6) is 0 Å². The number of hydrogen-bond acceptors (Lipinski definition) is 4. The van der Waals surface area contributed by atoms with E-state index in [1.807, 2.05) is 0 Å². The molecule has 21 heavy (non-hydrogen) atoms. The van der Waals surface area contributed by atoms with Gasteiger partial charge in [0.25, 0.3) is 5.22 Å². The Hall–Kier alpha value is -1.60. The van der Waals surface area contributed by atoms with Crippen molar-refractivity contribution in [3.8, 4) is 0 Å². The zero-order valence-electron chi connectivity index (χ0n) is 10.6. The molecule has 1 heterocycles. The first-order chi connectivity index (χ1) is 10.0. The summed E-state index contributed by atoms with van der Waals surface area (Å²) >= 11 is 4.16. The quantitative estimate of drug-likeness (QED) is 0.410. The van der Waals surface area contributed by atoms with Crippen molar-refractivity contribution in [1.29, 1.82) is 0 Å². The Bertz CT molecular complexity index is 822. The smallest absolute Gasteiger partial charge is 0.257 e. The van der Waals surface area contributed by atoms with Crippen molar-refractivity contribution in [1.82, 2.24) is 4.98 Å². The molecule has 0 saturated carbocycles. The molecule has 0 aliphatic heterocycles. The lowest BCUT2D eigenvalue weighted by molar-refractivity contribution is 0.489. The SMILES string of the molecule is Nc1ccc2oc(SCc3c(F)ccc(Br)c3F)nc2c1. The van der Waals surface area contributed by atoms with Gasteiger partial charge in [-0.25, -0.2) is 13.8 Å². The Morgan fingerprint density at radius 2 is 2.05 bits per heavy atom. The summed E-state index contributed by atoms with van der Waals surface area (Å²) in [5, 5.41) is 0.342. The van der Waals surface area contributed by atoms with E-state index < -0.39 is 11.6 Å². The van der Waals surface area contributed by atoms with Gasteiger partial charge in [0, 0.05) is 17.0 Å². The van der Waals surface area contributed by atoms with Crippen LogP contribution in [0.3, 0.4) is 0 Å². The summed E-state index contributed by atoms with van der Waals surface area (Å²) in [7, 11) is 0. The van der Waals surface area contributed by atoms with Gasteiger partial charge < -0.3 is 10.2 Å². The van der Waals surface area contributed by atoms with Crippen molar-refractivity contribution in [3.05, 3.63) is 52.0 Å². The highest BCUT2D eigenvalue weighted by atomic mass is 79.9. The molecular formula is C14H9BrF2N2OS. The summed E-state index contributed by atoms with van der Waals surface area (Å²) in [6.07, 6.45) is 0. The first kappa shape index (κ1) is 14.3. The second kappa shape index (κ2) is 5.65. The molecule has 7 heteroatoms. The predicted molar refractivity (Wildman–Crippen MR) is 82.0 cm³/mol. The van der Waals surface area contributed by atoms with E-state index in [0.29, 0.717) is 22.0 Å². The lowest BCUT2D eigenvalue weighted by Gasteiger charge is -2.04. The highest BCUT2D eigenvalue weighted by Crippen LogP contribution is 2.30. The molecule has 1 aromatic heterocycles. The normalized spacial score (nSPS) is 11.2. The molecule has 0 bridgehead atoms. The van der Waals surface area contributed by atoms with E-state index in [1.54, 1.807) is 18.2 Å². The maximum Gasteiger partial charge on any atom is 0.257 e. The molecule has 0 aliphatic carbocycles. The van der Waals surface area contributed by atoms with Gasteiger partial charge in [-0.15, -0.1) is 0 Å². The van der Waals surface area contributed by atoms with Gasteiger partial charge in [-0.2, -0.15) is 0 Å². The predicted octanol–water partition coefficient (Wildman–Crippen LogP) is 4.74. The molecule has 3 rings (SSSR count). The standard InChI is InChI=1S/C14H9BrF2N2OS/c15-9-2-3-10(16)8(13(9)17)6-21-14-19-11-5-7(18)1-4-12(11)20-14/h1-5H,6,18H2. The molecular weight excluding hydrogens is 362 g/mol. The molecule has 0 atom stereocenters. The fourth-order valence-electron chi connectivity index (χ4n) is 1.82. The second-order valence-corrected chi connectivity index (χ2v) is 6.10. The maximum atomic E-state index is 13.9. The minimum atomic E-state index is -0.608. The highest BCUT2D eigenvalue weighted by Gasteiger charge is 2.14. The van der Waals surface area contributed by atoms with Crippen LogP contribution in [0.15, 0.2) is 44.4 Å². The van der Waals surface area contributed by atoms with Gasteiger partial charge in [-0.1, -0.05) is 11.8 Å². The highest BCUT2D eigenvalue weighted by molar-refractivity contribution is 9.10. The van der Waals surface area contributed by atoms with Crippen molar-refractivity contribution in [2.24, 2.45) is 0 Å². The molecule has 0 amide bonds. The van der Waals surface area contributed by atoms with Crippen molar-refractivity contribution < 1.29 is 13.2 Å². The first-order valence-corrected chi connectivity index (χ1v) is 7.73. The molecule has 3 nitrogen and oxygen atoms in total. The fourth-order valence-corrected chi connectivity index (χ4v) is 3.04. The number of fused-ring (bicyclic) bond motifs is 1. The van der Waals surface area contributed by atoms with Gasteiger partial charge in [0.15, 0.2) is 5.58 Å². The van der Waals surface area contributed by atoms with E-state index in [-0.39, 0.29) is 15.8 Å². The molecule has 0 aliphatic rings. The Labute approximate surface area is 131 Å². The number of nitrogen functional groups attached to an aromatic ring is 1. The molecule has 2 aromatic carbocycles. The van der Waals surface area contributed by atoms with Crippen LogP contribution in [0.25, 0.3) is 11.1 Å². The number of thioether (sulfide) groups is 1. The Morgan fingerprint density at radius 1 is 1.24 bits per heavy atom. The van der Waals surface area contributed by atoms with Crippen LogP contribution in [0.1, 0.15) is 5.56 Å². The van der Waals surface area contributed by atoms with Crippen LogP contribution in [-0.4, -0.2) is 4.98 Å². The Morgan fingerprint density at radius 3 is 2.86 bits per heavy atom. The van der Waals surface area contributed by atoms with Crippen LogP contribution in [0, 0.1) is 11.6 Å². The topological polar surface area (TPSA) is 52.0 Å². The van der Waals surface area contributed by atoms with E-state index in [0.717, 1.165) is 11.8 Å². The Balaban J connectivity index is 1.85. The summed E-state index contributed by atoms with van der Waals surface area (Å²) in [4.78, 5) is 4.23. The summed E-state index contributed by atoms with van der Waals surface area (Å²) in [5.74, 6) is -1.12. The van der Waals surface area contributed by atoms with E-state index >= 15 is 0 Å². The molecule has 0 unspecified atom stereocenters. The number of hydrogen-bond donors (Lipinski definition) is 1. The van der Waals surface area contributed by atoms with Gasteiger partial charge in [-0.3, -0.25) is 0 Å². The second-order valence-electron chi connectivity index (χ2n) is 4.32. The molecule has 0 spiro atoms. The van der Waals surface area contributed by atoms with Crippen LogP contribution in [0.2, 0.25) is 0 Å². The molecule has 3 aromatic rings. The summed E-state index contributed by atoms with van der Waals surface area (Å²) < 4.78 is 33.2. The van der Waals surface area contributed by atoms with Crippen LogP contribution in [0.4, 0.5) is 14.5 Å². The molecule has 0 radical (unpaired) electrons. The van der Waals surface area contributed by atoms with Gasteiger partial charge in [0.2, 0.25) is 0 Å². The molecule has 2 N–H and O–H groups in total. The Kier molecular flexibility index (Phi) is 3.86. The van der Waals surface area contributed by atoms with Crippen molar-refractivity contribution in [3.63, 3.8) is 0 Å². The molecule has 108 valence electrons. The maximum absolute atomic E-state index is 13.9. The zero-order chi connectivity index (χ0) is 15.0. The summed E-state index contributed by atoms with van der Waals surface area (Å²) in [5.41, 5.74) is 7.43. The van der Waals surface area contributed by atoms with Gasteiger partial charge in [-0.05, 0) is 46.3 Å². The minimum absolute atomic E-state index is 0.0175. The lowest BCUT2D eigenvalue weighted by atomic mass is 10.2. The van der Waals surface area contributed by atoms with E-state index in [4.69, 9.17) is 10.2 Å². The van der Waals surface area contributed by atoms with E-state index in [2.05, 4.69) is 20.9 Å². The van der Waals surface area contributed by atoms with E-state index in [1.165, 1.54) is 12.1 Å². The molecule has 0 saturated heterocycles. The average Bonchev–Trinajstić information content (AvgIpc) is 2.85. The number of halogens is 3. The zero-order valence-corrected chi connectivity index (χ0v) is 13.0. The third kappa shape index (κ3) is 2.89. The summed E-state index contributed by atoms with van der Waals surface area (Å²) in [6.45, 7) is 0. The van der Waals surface area contributed by atoms with Crippen molar-refractivity contribution in [2.45, 2.75) is 11.0 Å². The third-order valence-corrected chi connectivity index (χ3v) is 4.34. The number of rotatable bonds is 3. The lowest BCUT2D eigenvalue weighted by Crippen LogP contribution is -1.94. The number of aromatic nitrogens is 1. The first-order valence-electron chi connectivity index (χ1n) is 5.96. The van der Waals surface area contributed by atoms with Crippen molar-refractivity contribution >= 4 is 44.5 Å². The fraction of sp³-hybridized carbons (Fsp3) is 0.0714. The van der Waals surface area contributed by atoms with Crippen LogP contribution < -0.4 is 5.73 Å². The number of nitrogens with zero attached hydrogens (tertiary/aromatic N) is 1. The summed E-state index contributed by atoms with van der Waals surface area (Å²) in [6, 6.07) is 7.65. The number of benzene rings is 2. The van der Waals surface area contributed by atoms with Crippen molar-refractivity contribution in [2.75, 3.05) is 5.73 Å². The van der Waals surface area contributed by atoms with E-state index in [9.17, 15) is 8.78 Å². The van der Waals surface area contributed by atoms with Gasteiger partial charge in [0.1, 0.15) is 17.2 Å². The number of oxazole rings is 1.